The SMILES string of the molecule is C=C(C)N1C(C)CCC1C. The molecule has 2 atom stereocenters. The predicted octanol–water partition coefficient (Wildman–Crippen LogP) is 2.39. The van der Waals surface area contributed by atoms with Gasteiger partial charge in [0, 0.05) is 17.8 Å². The fraction of sp³-hybridized carbons (Fsp3) is 0.778. The molecule has 1 heterocycles. The predicted molar refractivity (Wildman–Crippen MR) is 44.8 cm³/mol. The molecule has 1 saturated heterocycles. The number of rotatable bonds is 1. The maximum atomic E-state index is 3.96. The van der Waals surface area contributed by atoms with E-state index in [0.29, 0.717) is 12.1 Å². The highest BCUT2D eigenvalue weighted by atomic mass is 15.2. The van der Waals surface area contributed by atoms with Crippen molar-refractivity contribution in [2.45, 2.75) is 45.7 Å². The summed E-state index contributed by atoms with van der Waals surface area (Å²) in [5, 5.41) is 0. The summed E-state index contributed by atoms with van der Waals surface area (Å²) in [6.45, 7) is 10.6. The summed E-state index contributed by atoms with van der Waals surface area (Å²) in [4.78, 5) is 2.42. The Bertz CT molecular complexity index is 130. The molecule has 0 bridgehead atoms. The lowest BCUT2D eigenvalue weighted by Gasteiger charge is -2.28. The first-order valence-corrected chi connectivity index (χ1v) is 4.06. The molecular weight excluding hydrogens is 122 g/mol. The van der Waals surface area contributed by atoms with Crippen LogP contribution in [0.25, 0.3) is 0 Å². The van der Waals surface area contributed by atoms with Crippen LogP contribution >= 0.6 is 0 Å². The molecule has 0 amide bonds. The molecule has 1 fully saturated rings. The zero-order valence-electron chi connectivity index (χ0n) is 7.22. The Balaban J connectivity index is 2.63. The van der Waals surface area contributed by atoms with Crippen molar-refractivity contribution in [3.05, 3.63) is 12.3 Å². The van der Waals surface area contributed by atoms with Crippen molar-refractivity contribution in [1.29, 1.82) is 0 Å². The first kappa shape index (κ1) is 7.64. The molecule has 0 aromatic heterocycles. The minimum Gasteiger partial charge on any atom is -0.370 e. The van der Waals surface area contributed by atoms with E-state index in [-0.39, 0.29) is 0 Å². The van der Waals surface area contributed by atoms with Gasteiger partial charge in [-0.1, -0.05) is 6.58 Å². The van der Waals surface area contributed by atoms with Crippen LogP contribution in [0.4, 0.5) is 0 Å². The van der Waals surface area contributed by atoms with Crippen LogP contribution in [0.15, 0.2) is 12.3 Å². The van der Waals surface area contributed by atoms with Gasteiger partial charge in [-0.3, -0.25) is 0 Å². The van der Waals surface area contributed by atoms with Crippen LogP contribution in [0.3, 0.4) is 0 Å². The zero-order valence-corrected chi connectivity index (χ0v) is 7.22. The summed E-state index contributed by atoms with van der Waals surface area (Å²) < 4.78 is 0. The average molecular weight is 139 g/mol. The molecule has 0 aliphatic carbocycles. The third-order valence-corrected chi connectivity index (χ3v) is 2.39. The molecule has 0 aromatic carbocycles. The fourth-order valence-electron chi connectivity index (χ4n) is 1.95. The van der Waals surface area contributed by atoms with E-state index < -0.39 is 0 Å². The normalized spacial score (nSPS) is 32.9. The maximum absolute atomic E-state index is 3.96. The number of likely N-dealkylation sites (tertiary alicyclic amines) is 1. The van der Waals surface area contributed by atoms with Crippen molar-refractivity contribution < 1.29 is 0 Å². The first-order valence-electron chi connectivity index (χ1n) is 4.06. The molecule has 58 valence electrons. The number of hydrogen-bond acceptors (Lipinski definition) is 1. The highest BCUT2D eigenvalue weighted by molar-refractivity contribution is 4.98. The molecule has 1 aliphatic rings. The molecular formula is C9H17N. The third kappa shape index (κ3) is 1.18. The molecule has 10 heavy (non-hydrogen) atoms. The summed E-state index contributed by atoms with van der Waals surface area (Å²) >= 11 is 0. The van der Waals surface area contributed by atoms with Crippen LogP contribution in [0.2, 0.25) is 0 Å². The van der Waals surface area contributed by atoms with Gasteiger partial charge in [-0.2, -0.15) is 0 Å². The van der Waals surface area contributed by atoms with Crippen LogP contribution in [-0.4, -0.2) is 17.0 Å². The fourth-order valence-corrected chi connectivity index (χ4v) is 1.95. The van der Waals surface area contributed by atoms with Crippen molar-refractivity contribution >= 4 is 0 Å². The first-order chi connectivity index (χ1) is 4.63. The van der Waals surface area contributed by atoms with E-state index in [9.17, 15) is 0 Å². The minimum absolute atomic E-state index is 0.715. The summed E-state index contributed by atoms with van der Waals surface area (Å²) in [7, 11) is 0. The lowest BCUT2D eigenvalue weighted by Crippen LogP contribution is -2.30. The molecule has 1 rings (SSSR count). The highest BCUT2D eigenvalue weighted by Crippen LogP contribution is 2.26. The summed E-state index contributed by atoms with van der Waals surface area (Å²) in [6.07, 6.45) is 2.65. The Kier molecular flexibility index (Phi) is 2.02. The Morgan fingerprint density at radius 2 is 1.70 bits per heavy atom. The molecule has 0 spiro atoms. The summed E-state index contributed by atoms with van der Waals surface area (Å²) in [6, 6.07) is 1.43. The molecule has 0 saturated carbocycles. The van der Waals surface area contributed by atoms with Crippen molar-refractivity contribution in [2.24, 2.45) is 0 Å². The second kappa shape index (κ2) is 2.65. The lowest BCUT2D eigenvalue weighted by molar-refractivity contribution is 0.279. The van der Waals surface area contributed by atoms with Crippen molar-refractivity contribution in [2.75, 3.05) is 0 Å². The van der Waals surface area contributed by atoms with Gasteiger partial charge < -0.3 is 4.90 Å². The van der Waals surface area contributed by atoms with Crippen LogP contribution in [-0.2, 0) is 0 Å². The van der Waals surface area contributed by atoms with Gasteiger partial charge in [-0.05, 0) is 33.6 Å². The van der Waals surface area contributed by atoms with Crippen molar-refractivity contribution in [1.82, 2.24) is 4.90 Å². The topological polar surface area (TPSA) is 3.24 Å². The van der Waals surface area contributed by atoms with Gasteiger partial charge in [0.25, 0.3) is 0 Å². The number of nitrogens with zero attached hydrogens (tertiary/aromatic N) is 1. The second-order valence-electron chi connectivity index (χ2n) is 3.42. The van der Waals surface area contributed by atoms with E-state index in [1.165, 1.54) is 18.5 Å². The standard InChI is InChI=1S/C9H17N/c1-7(2)10-8(3)5-6-9(10)4/h8-9H,1,5-6H2,2-4H3. The van der Waals surface area contributed by atoms with E-state index in [0.717, 1.165) is 0 Å². The van der Waals surface area contributed by atoms with Crippen LogP contribution in [0, 0.1) is 0 Å². The van der Waals surface area contributed by atoms with Crippen molar-refractivity contribution in [3.63, 3.8) is 0 Å². The van der Waals surface area contributed by atoms with Gasteiger partial charge in [0.15, 0.2) is 0 Å². The third-order valence-electron chi connectivity index (χ3n) is 2.39. The Labute approximate surface area is 63.7 Å². The van der Waals surface area contributed by atoms with Crippen LogP contribution in [0.5, 0.6) is 0 Å². The van der Waals surface area contributed by atoms with Gasteiger partial charge in [-0.25, -0.2) is 0 Å². The second-order valence-corrected chi connectivity index (χ2v) is 3.42. The molecule has 0 radical (unpaired) electrons. The summed E-state index contributed by atoms with van der Waals surface area (Å²) in [5.41, 5.74) is 1.22. The van der Waals surface area contributed by atoms with E-state index in [1.807, 2.05) is 0 Å². The maximum Gasteiger partial charge on any atom is 0.0262 e. The van der Waals surface area contributed by atoms with Crippen LogP contribution in [0.1, 0.15) is 33.6 Å². The molecule has 0 N–H and O–H groups in total. The molecule has 2 unspecified atom stereocenters. The van der Waals surface area contributed by atoms with E-state index in [4.69, 9.17) is 0 Å². The van der Waals surface area contributed by atoms with Crippen molar-refractivity contribution in [3.8, 4) is 0 Å². The Morgan fingerprint density at radius 3 is 1.90 bits per heavy atom. The highest BCUT2D eigenvalue weighted by Gasteiger charge is 2.25. The average Bonchev–Trinajstić information content (AvgIpc) is 2.11. The van der Waals surface area contributed by atoms with E-state index in [2.05, 4.69) is 32.3 Å². The van der Waals surface area contributed by atoms with E-state index >= 15 is 0 Å². The van der Waals surface area contributed by atoms with Gasteiger partial charge in [0.1, 0.15) is 0 Å². The minimum atomic E-state index is 0.715. The quantitative estimate of drug-likeness (QED) is 0.539. The smallest absolute Gasteiger partial charge is 0.0262 e. The molecule has 1 heteroatoms. The zero-order chi connectivity index (χ0) is 7.72. The van der Waals surface area contributed by atoms with Gasteiger partial charge in [0.2, 0.25) is 0 Å². The Morgan fingerprint density at radius 1 is 1.30 bits per heavy atom. The summed E-state index contributed by atoms with van der Waals surface area (Å²) in [5.74, 6) is 0. The molecule has 1 aliphatic heterocycles. The van der Waals surface area contributed by atoms with Gasteiger partial charge >= 0.3 is 0 Å². The Hall–Kier alpha value is -0.460. The largest absolute Gasteiger partial charge is 0.370 e. The lowest BCUT2D eigenvalue weighted by atomic mass is 10.2. The van der Waals surface area contributed by atoms with E-state index in [1.54, 1.807) is 0 Å². The number of allylic oxidation sites excluding steroid dienone is 1. The van der Waals surface area contributed by atoms with Gasteiger partial charge in [-0.15, -0.1) is 0 Å². The molecule has 0 aromatic rings. The monoisotopic (exact) mass is 139 g/mol. The van der Waals surface area contributed by atoms with Gasteiger partial charge in [0.05, 0.1) is 0 Å². The van der Waals surface area contributed by atoms with Crippen LogP contribution < -0.4 is 0 Å². The number of hydrogen-bond donors (Lipinski definition) is 0. The molecule has 1 nitrogen and oxygen atoms in total.